The number of H-pyrrole nitrogens is 1. The highest BCUT2D eigenvalue weighted by atomic mass is 16.1. The molecule has 1 saturated carbocycles. The third-order valence-electron chi connectivity index (χ3n) is 4.37. The normalized spacial score (nSPS) is 17.9. The molecule has 1 aromatic heterocycles. The Labute approximate surface area is 115 Å². The van der Waals surface area contributed by atoms with Gasteiger partial charge in [0.25, 0.3) is 5.56 Å². The van der Waals surface area contributed by atoms with Gasteiger partial charge in [-0.15, -0.1) is 0 Å². The summed E-state index contributed by atoms with van der Waals surface area (Å²) < 4.78 is 0. The SMILES string of the molecule is CCC1(CNc2cc(=O)[nH]c(C(C)C)n2)CCCC1. The van der Waals surface area contributed by atoms with Gasteiger partial charge in [-0.3, -0.25) is 4.79 Å². The summed E-state index contributed by atoms with van der Waals surface area (Å²) in [4.78, 5) is 18.9. The summed E-state index contributed by atoms with van der Waals surface area (Å²) in [6.07, 6.45) is 6.43. The van der Waals surface area contributed by atoms with Gasteiger partial charge in [0.1, 0.15) is 11.6 Å². The van der Waals surface area contributed by atoms with E-state index in [2.05, 4.69) is 22.2 Å². The lowest BCUT2D eigenvalue weighted by atomic mass is 9.83. The number of rotatable bonds is 5. The first-order chi connectivity index (χ1) is 9.04. The van der Waals surface area contributed by atoms with Crippen molar-refractivity contribution in [2.24, 2.45) is 5.41 Å². The number of hydrogen-bond acceptors (Lipinski definition) is 3. The minimum absolute atomic E-state index is 0.0711. The second kappa shape index (κ2) is 5.76. The first-order valence-electron chi connectivity index (χ1n) is 7.40. The van der Waals surface area contributed by atoms with Crippen LogP contribution in [-0.2, 0) is 0 Å². The Morgan fingerprint density at radius 3 is 2.68 bits per heavy atom. The summed E-state index contributed by atoms with van der Waals surface area (Å²) in [6.45, 7) is 7.26. The minimum atomic E-state index is -0.0711. The van der Waals surface area contributed by atoms with E-state index in [0.29, 0.717) is 11.2 Å². The van der Waals surface area contributed by atoms with Crippen LogP contribution in [0.3, 0.4) is 0 Å². The van der Waals surface area contributed by atoms with Crippen molar-refractivity contribution < 1.29 is 0 Å². The molecule has 1 aliphatic carbocycles. The number of anilines is 1. The fourth-order valence-corrected chi connectivity index (χ4v) is 2.90. The standard InChI is InChI=1S/C15H25N3O/c1-4-15(7-5-6-8-15)10-16-12-9-13(19)18-14(17-12)11(2)3/h9,11H,4-8,10H2,1-3H3,(H2,16,17,18,19). The quantitative estimate of drug-likeness (QED) is 0.857. The van der Waals surface area contributed by atoms with E-state index in [4.69, 9.17) is 0 Å². The van der Waals surface area contributed by atoms with Crippen LogP contribution in [0.2, 0.25) is 0 Å². The molecule has 19 heavy (non-hydrogen) atoms. The molecule has 0 radical (unpaired) electrons. The van der Waals surface area contributed by atoms with Crippen LogP contribution in [0.5, 0.6) is 0 Å². The molecule has 1 heterocycles. The summed E-state index contributed by atoms with van der Waals surface area (Å²) in [5.74, 6) is 1.71. The Bertz CT molecular complexity index is 473. The first-order valence-corrected chi connectivity index (χ1v) is 7.40. The second-order valence-electron chi connectivity index (χ2n) is 6.08. The molecule has 4 nitrogen and oxygen atoms in total. The van der Waals surface area contributed by atoms with Gasteiger partial charge >= 0.3 is 0 Å². The Hall–Kier alpha value is -1.32. The van der Waals surface area contributed by atoms with E-state index in [9.17, 15) is 4.79 Å². The van der Waals surface area contributed by atoms with Crippen LogP contribution in [0.4, 0.5) is 5.82 Å². The molecular formula is C15H25N3O. The summed E-state index contributed by atoms with van der Waals surface area (Å²) in [5, 5.41) is 3.38. The summed E-state index contributed by atoms with van der Waals surface area (Å²) in [6, 6.07) is 1.56. The van der Waals surface area contributed by atoms with Crippen molar-refractivity contribution in [3.63, 3.8) is 0 Å². The van der Waals surface area contributed by atoms with Crippen LogP contribution in [0.25, 0.3) is 0 Å². The van der Waals surface area contributed by atoms with Crippen molar-refractivity contribution in [2.45, 2.75) is 58.8 Å². The molecule has 4 heteroatoms. The monoisotopic (exact) mass is 263 g/mol. The number of aromatic amines is 1. The molecular weight excluding hydrogens is 238 g/mol. The van der Waals surface area contributed by atoms with Gasteiger partial charge < -0.3 is 10.3 Å². The van der Waals surface area contributed by atoms with E-state index in [1.807, 2.05) is 13.8 Å². The Morgan fingerprint density at radius 2 is 2.11 bits per heavy atom. The molecule has 2 N–H and O–H groups in total. The van der Waals surface area contributed by atoms with Gasteiger partial charge in [0.2, 0.25) is 0 Å². The predicted molar refractivity (Wildman–Crippen MR) is 78.6 cm³/mol. The van der Waals surface area contributed by atoms with E-state index >= 15 is 0 Å². The van der Waals surface area contributed by atoms with Crippen molar-refractivity contribution in [1.29, 1.82) is 0 Å². The maximum Gasteiger partial charge on any atom is 0.252 e. The van der Waals surface area contributed by atoms with Crippen LogP contribution in [-0.4, -0.2) is 16.5 Å². The maximum absolute atomic E-state index is 11.6. The van der Waals surface area contributed by atoms with E-state index in [1.165, 1.54) is 32.1 Å². The van der Waals surface area contributed by atoms with Crippen LogP contribution in [0.1, 0.15) is 64.6 Å². The molecule has 0 saturated heterocycles. The Kier molecular flexibility index (Phi) is 4.27. The average Bonchev–Trinajstić information content (AvgIpc) is 2.85. The van der Waals surface area contributed by atoms with E-state index in [1.54, 1.807) is 6.07 Å². The third-order valence-corrected chi connectivity index (χ3v) is 4.37. The lowest BCUT2D eigenvalue weighted by Gasteiger charge is -2.28. The predicted octanol–water partition coefficient (Wildman–Crippen LogP) is 3.28. The zero-order valence-corrected chi connectivity index (χ0v) is 12.3. The molecule has 0 bridgehead atoms. The molecule has 1 aromatic rings. The van der Waals surface area contributed by atoms with E-state index < -0.39 is 0 Å². The van der Waals surface area contributed by atoms with Gasteiger partial charge in [-0.05, 0) is 24.7 Å². The lowest BCUT2D eigenvalue weighted by Crippen LogP contribution is -2.27. The number of aromatic nitrogens is 2. The van der Waals surface area contributed by atoms with Gasteiger partial charge in [-0.1, -0.05) is 33.6 Å². The van der Waals surface area contributed by atoms with Gasteiger partial charge in [-0.2, -0.15) is 0 Å². The van der Waals surface area contributed by atoms with Gasteiger partial charge in [0.05, 0.1) is 0 Å². The van der Waals surface area contributed by atoms with Crippen molar-refractivity contribution in [1.82, 2.24) is 9.97 Å². The van der Waals surface area contributed by atoms with Gasteiger partial charge in [0, 0.05) is 18.5 Å². The molecule has 0 spiro atoms. The highest BCUT2D eigenvalue weighted by molar-refractivity contribution is 5.33. The summed E-state index contributed by atoms with van der Waals surface area (Å²) in [5.41, 5.74) is 0.334. The lowest BCUT2D eigenvalue weighted by molar-refractivity contribution is 0.306. The minimum Gasteiger partial charge on any atom is -0.369 e. The smallest absolute Gasteiger partial charge is 0.252 e. The molecule has 0 aromatic carbocycles. The second-order valence-corrected chi connectivity index (χ2v) is 6.08. The van der Waals surface area contributed by atoms with Crippen molar-refractivity contribution in [3.8, 4) is 0 Å². The molecule has 1 fully saturated rings. The number of nitrogens with zero attached hydrogens (tertiary/aromatic N) is 1. The molecule has 0 atom stereocenters. The van der Waals surface area contributed by atoms with Gasteiger partial charge in [-0.25, -0.2) is 4.98 Å². The molecule has 106 valence electrons. The fourth-order valence-electron chi connectivity index (χ4n) is 2.90. The topological polar surface area (TPSA) is 57.8 Å². The molecule has 0 aliphatic heterocycles. The molecule has 0 unspecified atom stereocenters. The highest BCUT2D eigenvalue weighted by Crippen LogP contribution is 2.40. The summed E-state index contributed by atoms with van der Waals surface area (Å²) >= 11 is 0. The van der Waals surface area contributed by atoms with Crippen molar-refractivity contribution >= 4 is 5.82 Å². The summed E-state index contributed by atoms with van der Waals surface area (Å²) in [7, 11) is 0. The largest absolute Gasteiger partial charge is 0.369 e. The average molecular weight is 263 g/mol. The van der Waals surface area contributed by atoms with Crippen LogP contribution in [0, 0.1) is 5.41 Å². The Morgan fingerprint density at radius 1 is 1.42 bits per heavy atom. The van der Waals surface area contributed by atoms with Crippen LogP contribution < -0.4 is 10.9 Å². The van der Waals surface area contributed by atoms with Crippen LogP contribution >= 0.6 is 0 Å². The van der Waals surface area contributed by atoms with Crippen molar-refractivity contribution in [2.75, 3.05) is 11.9 Å². The zero-order valence-electron chi connectivity index (χ0n) is 12.3. The zero-order chi connectivity index (χ0) is 13.9. The van der Waals surface area contributed by atoms with Crippen LogP contribution in [0.15, 0.2) is 10.9 Å². The van der Waals surface area contributed by atoms with E-state index in [-0.39, 0.29) is 11.5 Å². The van der Waals surface area contributed by atoms with Crippen molar-refractivity contribution in [3.05, 3.63) is 22.2 Å². The number of nitrogens with one attached hydrogen (secondary N) is 2. The molecule has 1 aliphatic rings. The molecule has 2 rings (SSSR count). The Balaban J connectivity index is 2.09. The maximum atomic E-state index is 11.6. The van der Waals surface area contributed by atoms with E-state index in [0.717, 1.165) is 12.4 Å². The van der Waals surface area contributed by atoms with Gasteiger partial charge in [0.15, 0.2) is 0 Å². The number of hydrogen-bond donors (Lipinski definition) is 2. The molecule has 0 amide bonds. The first kappa shape index (κ1) is 14.1. The third kappa shape index (κ3) is 3.37. The fraction of sp³-hybridized carbons (Fsp3) is 0.733. The highest BCUT2D eigenvalue weighted by Gasteiger charge is 2.31.